The van der Waals surface area contributed by atoms with Gasteiger partial charge in [0.25, 0.3) is 5.91 Å². The summed E-state index contributed by atoms with van der Waals surface area (Å²) in [7, 11) is 0. The molecule has 0 aromatic carbocycles. The molecule has 1 rings (SSSR count). The Hall–Kier alpha value is -1.62. The van der Waals surface area contributed by atoms with Crippen LogP contribution in [0, 0.1) is 5.92 Å². The van der Waals surface area contributed by atoms with Gasteiger partial charge in [-0.2, -0.15) is 0 Å². The van der Waals surface area contributed by atoms with E-state index in [1.165, 1.54) is 18.5 Å². The maximum absolute atomic E-state index is 11.8. The van der Waals surface area contributed by atoms with Crippen molar-refractivity contribution in [3.05, 3.63) is 34.2 Å². The fourth-order valence-electron chi connectivity index (χ4n) is 1.55. The molecule has 0 aliphatic carbocycles. The van der Waals surface area contributed by atoms with E-state index in [0.717, 1.165) is 0 Å². The Bertz CT molecular complexity index is 426. The number of hydrogen-bond acceptors (Lipinski definition) is 3. The van der Waals surface area contributed by atoms with Gasteiger partial charge in [-0.05, 0) is 12.3 Å². The Morgan fingerprint density at radius 3 is 2.76 bits per heavy atom. The lowest BCUT2D eigenvalue weighted by Crippen LogP contribution is -2.40. The zero-order chi connectivity index (χ0) is 12.8. The fourth-order valence-corrected chi connectivity index (χ4v) is 1.55. The van der Waals surface area contributed by atoms with Gasteiger partial charge in [-0.15, -0.1) is 0 Å². The van der Waals surface area contributed by atoms with E-state index in [9.17, 15) is 9.59 Å². The van der Waals surface area contributed by atoms with E-state index in [-0.39, 0.29) is 29.6 Å². The number of carbonyl (C=O) groups excluding carboxylic acids is 1. The minimum Gasteiger partial charge on any atom is -0.396 e. The van der Waals surface area contributed by atoms with Crippen molar-refractivity contribution in [1.82, 2.24) is 10.3 Å². The summed E-state index contributed by atoms with van der Waals surface area (Å²) < 4.78 is 0. The number of aliphatic hydroxyl groups excluding tert-OH is 1. The Balaban J connectivity index is 2.78. The lowest BCUT2D eigenvalue weighted by molar-refractivity contribution is 0.0915. The van der Waals surface area contributed by atoms with Gasteiger partial charge >= 0.3 is 0 Å². The molecule has 1 atom stereocenters. The van der Waals surface area contributed by atoms with Crippen LogP contribution in [0.25, 0.3) is 0 Å². The molecular weight excluding hydrogens is 220 g/mol. The molecule has 1 aromatic rings. The largest absolute Gasteiger partial charge is 0.396 e. The third kappa shape index (κ3) is 3.71. The minimum atomic E-state index is -0.404. The molecule has 1 amide bonds. The molecule has 94 valence electrons. The third-order valence-electron chi connectivity index (χ3n) is 2.63. The van der Waals surface area contributed by atoms with E-state index in [0.29, 0.717) is 6.42 Å². The van der Waals surface area contributed by atoms with Gasteiger partial charge in [0.1, 0.15) is 5.56 Å². The standard InChI is InChI=1S/C12H18N2O3/c1-8(2)10(4-6-15)14-12(17)9-7-13-5-3-11(9)16/h3,5,7-8,10,15H,4,6H2,1-2H3,(H,13,16)(H,14,17). The smallest absolute Gasteiger partial charge is 0.256 e. The highest BCUT2D eigenvalue weighted by Gasteiger charge is 2.17. The van der Waals surface area contributed by atoms with Crippen molar-refractivity contribution in [3.63, 3.8) is 0 Å². The van der Waals surface area contributed by atoms with Crippen LogP contribution in [0.3, 0.4) is 0 Å². The van der Waals surface area contributed by atoms with Crippen molar-refractivity contribution in [1.29, 1.82) is 0 Å². The van der Waals surface area contributed by atoms with Crippen molar-refractivity contribution in [2.24, 2.45) is 5.92 Å². The first-order valence-corrected chi connectivity index (χ1v) is 5.65. The molecule has 1 heterocycles. The number of aromatic amines is 1. The number of aliphatic hydroxyl groups is 1. The van der Waals surface area contributed by atoms with Crippen molar-refractivity contribution in [2.45, 2.75) is 26.3 Å². The first-order chi connectivity index (χ1) is 8.06. The number of H-pyrrole nitrogens is 1. The number of amides is 1. The summed E-state index contributed by atoms with van der Waals surface area (Å²) in [4.78, 5) is 26.0. The second-order valence-electron chi connectivity index (χ2n) is 4.26. The first kappa shape index (κ1) is 13.4. The predicted molar refractivity (Wildman–Crippen MR) is 64.9 cm³/mol. The highest BCUT2D eigenvalue weighted by atomic mass is 16.3. The third-order valence-corrected chi connectivity index (χ3v) is 2.63. The Kier molecular flexibility index (Phi) is 4.90. The van der Waals surface area contributed by atoms with Gasteiger partial charge in [0.2, 0.25) is 0 Å². The van der Waals surface area contributed by atoms with Crippen molar-refractivity contribution < 1.29 is 9.90 Å². The lowest BCUT2D eigenvalue weighted by Gasteiger charge is -2.21. The zero-order valence-electron chi connectivity index (χ0n) is 10.1. The molecule has 0 aliphatic heterocycles. The molecule has 1 aromatic heterocycles. The normalized spacial score (nSPS) is 12.5. The average Bonchev–Trinajstić information content (AvgIpc) is 2.28. The van der Waals surface area contributed by atoms with Gasteiger partial charge < -0.3 is 15.4 Å². The Labute approximate surface area is 99.9 Å². The molecule has 5 heteroatoms. The van der Waals surface area contributed by atoms with Crippen molar-refractivity contribution in [3.8, 4) is 0 Å². The molecule has 1 unspecified atom stereocenters. The van der Waals surface area contributed by atoms with Gasteiger partial charge in [-0.25, -0.2) is 0 Å². The van der Waals surface area contributed by atoms with E-state index in [2.05, 4.69) is 10.3 Å². The molecule has 17 heavy (non-hydrogen) atoms. The highest BCUT2D eigenvalue weighted by Crippen LogP contribution is 2.06. The van der Waals surface area contributed by atoms with Crippen LogP contribution in [0.5, 0.6) is 0 Å². The minimum absolute atomic E-state index is 0.00821. The number of aromatic nitrogens is 1. The molecular formula is C12H18N2O3. The lowest BCUT2D eigenvalue weighted by atomic mass is 10.0. The summed E-state index contributed by atoms with van der Waals surface area (Å²) in [5, 5.41) is 11.7. The summed E-state index contributed by atoms with van der Waals surface area (Å²) in [5.74, 6) is -0.201. The molecule has 0 spiro atoms. The quantitative estimate of drug-likeness (QED) is 0.699. The molecule has 0 aliphatic rings. The summed E-state index contributed by atoms with van der Waals surface area (Å²) in [6.45, 7) is 3.92. The molecule has 0 radical (unpaired) electrons. The van der Waals surface area contributed by atoms with E-state index < -0.39 is 5.91 Å². The summed E-state index contributed by atoms with van der Waals surface area (Å²) in [6.07, 6.45) is 3.34. The van der Waals surface area contributed by atoms with Gasteiger partial charge in [0.05, 0.1) is 0 Å². The molecule has 3 N–H and O–H groups in total. The van der Waals surface area contributed by atoms with Gasteiger partial charge in [0.15, 0.2) is 5.43 Å². The van der Waals surface area contributed by atoms with E-state index >= 15 is 0 Å². The van der Waals surface area contributed by atoms with E-state index in [1.54, 1.807) is 0 Å². The number of nitrogens with one attached hydrogen (secondary N) is 2. The average molecular weight is 238 g/mol. The molecule has 5 nitrogen and oxygen atoms in total. The molecule has 0 saturated carbocycles. The van der Waals surface area contributed by atoms with E-state index in [1.807, 2.05) is 13.8 Å². The topological polar surface area (TPSA) is 82.2 Å². The number of rotatable bonds is 5. The van der Waals surface area contributed by atoms with Gasteiger partial charge in [-0.1, -0.05) is 13.8 Å². The Morgan fingerprint density at radius 1 is 1.53 bits per heavy atom. The van der Waals surface area contributed by atoms with Crippen LogP contribution in [-0.4, -0.2) is 28.6 Å². The summed E-state index contributed by atoms with van der Waals surface area (Å²) in [6, 6.07) is 1.18. The molecule has 0 fully saturated rings. The first-order valence-electron chi connectivity index (χ1n) is 5.65. The van der Waals surface area contributed by atoms with Crippen LogP contribution in [0.2, 0.25) is 0 Å². The molecule has 0 bridgehead atoms. The second-order valence-corrected chi connectivity index (χ2v) is 4.26. The zero-order valence-corrected chi connectivity index (χ0v) is 10.1. The second kappa shape index (κ2) is 6.20. The maximum atomic E-state index is 11.8. The highest BCUT2D eigenvalue weighted by molar-refractivity contribution is 5.93. The predicted octanol–water partition coefficient (Wildman–Crippen LogP) is 0.512. The van der Waals surface area contributed by atoms with Crippen LogP contribution in [0.1, 0.15) is 30.6 Å². The summed E-state index contributed by atoms with van der Waals surface area (Å²) in [5.41, 5.74) is -0.219. The fraction of sp³-hybridized carbons (Fsp3) is 0.500. The number of hydrogen-bond donors (Lipinski definition) is 3. The van der Waals surface area contributed by atoms with Crippen LogP contribution < -0.4 is 10.7 Å². The SMILES string of the molecule is CC(C)C(CCO)NC(=O)c1c[nH]ccc1=O. The van der Waals surface area contributed by atoms with Crippen molar-refractivity contribution in [2.75, 3.05) is 6.61 Å². The van der Waals surface area contributed by atoms with Gasteiger partial charge in [-0.3, -0.25) is 9.59 Å². The number of pyridine rings is 1. The van der Waals surface area contributed by atoms with Crippen LogP contribution in [0.4, 0.5) is 0 Å². The monoisotopic (exact) mass is 238 g/mol. The number of carbonyl (C=O) groups is 1. The Morgan fingerprint density at radius 2 is 2.24 bits per heavy atom. The van der Waals surface area contributed by atoms with Crippen LogP contribution >= 0.6 is 0 Å². The molecule has 0 saturated heterocycles. The maximum Gasteiger partial charge on any atom is 0.256 e. The van der Waals surface area contributed by atoms with E-state index in [4.69, 9.17) is 5.11 Å². The van der Waals surface area contributed by atoms with Crippen molar-refractivity contribution >= 4 is 5.91 Å². The van der Waals surface area contributed by atoms with Gasteiger partial charge in [0, 0.05) is 31.1 Å². The van der Waals surface area contributed by atoms with Crippen LogP contribution in [-0.2, 0) is 0 Å². The summed E-state index contributed by atoms with van der Waals surface area (Å²) >= 11 is 0. The van der Waals surface area contributed by atoms with Crippen LogP contribution in [0.15, 0.2) is 23.3 Å².